The lowest BCUT2D eigenvalue weighted by Gasteiger charge is -2.36. The molecule has 0 bridgehead atoms. The van der Waals surface area contributed by atoms with Crippen molar-refractivity contribution in [3.8, 4) is 5.75 Å². The van der Waals surface area contributed by atoms with Gasteiger partial charge in [-0.2, -0.15) is 0 Å². The van der Waals surface area contributed by atoms with Gasteiger partial charge in [-0.15, -0.1) is 11.8 Å². The molecule has 0 unspecified atom stereocenters. The minimum atomic E-state index is -1.20. The van der Waals surface area contributed by atoms with Crippen LogP contribution in [0.5, 0.6) is 5.75 Å². The van der Waals surface area contributed by atoms with E-state index in [2.05, 4.69) is 9.88 Å². The van der Waals surface area contributed by atoms with Gasteiger partial charge >= 0.3 is 5.97 Å². The number of ether oxygens (including phenoxy) is 1. The quantitative estimate of drug-likeness (QED) is 0.191. The van der Waals surface area contributed by atoms with Crippen molar-refractivity contribution in [1.29, 1.82) is 0 Å². The lowest BCUT2D eigenvalue weighted by molar-refractivity contribution is -0.146. The van der Waals surface area contributed by atoms with Crippen molar-refractivity contribution in [2.75, 3.05) is 32.5 Å². The van der Waals surface area contributed by atoms with Gasteiger partial charge < -0.3 is 14.7 Å². The van der Waals surface area contributed by atoms with E-state index in [1.54, 1.807) is 37.2 Å². The fourth-order valence-corrected chi connectivity index (χ4v) is 6.66. The first kappa shape index (κ1) is 28.0. The Morgan fingerprint density at radius 2 is 2.05 bits per heavy atom. The van der Waals surface area contributed by atoms with Crippen molar-refractivity contribution in [1.82, 2.24) is 9.88 Å². The second-order valence-electron chi connectivity index (χ2n) is 9.38. The molecule has 0 radical (unpaired) electrons. The number of piperidine rings is 1. The van der Waals surface area contributed by atoms with Crippen LogP contribution in [0.15, 0.2) is 53.6 Å². The molecule has 0 saturated carbocycles. The molecule has 3 atom stereocenters. The maximum absolute atomic E-state index is 15.4. The van der Waals surface area contributed by atoms with E-state index in [-0.39, 0.29) is 12.3 Å². The number of methoxy groups -OCH3 is 1. The monoisotopic (exact) mass is 564 g/mol. The Kier molecular flexibility index (Phi) is 9.93. The number of hydrogen-bond donors (Lipinski definition) is 1. The summed E-state index contributed by atoms with van der Waals surface area (Å²) in [5, 5.41) is 11.9. The number of alkyl halides is 1. The summed E-state index contributed by atoms with van der Waals surface area (Å²) >= 11 is 14.1. The molecule has 2 heterocycles. The summed E-state index contributed by atoms with van der Waals surface area (Å²) < 4.78 is 20.7. The number of carbonyl (C=O) groups is 1. The molecule has 9 heteroatoms. The van der Waals surface area contributed by atoms with E-state index in [1.165, 1.54) is 0 Å². The highest BCUT2D eigenvalue weighted by Gasteiger charge is 2.34. The molecular formula is C28H31Cl2FN2O3S. The molecule has 0 amide bonds. The molecule has 2 aromatic carbocycles. The van der Waals surface area contributed by atoms with Gasteiger partial charge in [0.2, 0.25) is 0 Å². The van der Waals surface area contributed by atoms with E-state index < -0.39 is 18.1 Å². The highest BCUT2D eigenvalue weighted by molar-refractivity contribution is 7.99. The molecule has 1 aromatic heterocycles. The van der Waals surface area contributed by atoms with Gasteiger partial charge in [-0.3, -0.25) is 9.78 Å². The van der Waals surface area contributed by atoms with Crippen LogP contribution in [-0.2, 0) is 4.79 Å². The number of likely N-dealkylation sites (tertiary alicyclic amines) is 1. The molecule has 37 heavy (non-hydrogen) atoms. The first-order chi connectivity index (χ1) is 17.9. The number of benzene rings is 2. The molecule has 1 fully saturated rings. The van der Waals surface area contributed by atoms with Crippen LogP contribution in [0.25, 0.3) is 10.9 Å². The van der Waals surface area contributed by atoms with Crippen LogP contribution in [0.4, 0.5) is 4.39 Å². The van der Waals surface area contributed by atoms with E-state index in [0.29, 0.717) is 39.8 Å². The summed E-state index contributed by atoms with van der Waals surface area (Å²) in [7, 11) is 1.58. The molecule has 0 aliphatic carbocycles. The van der Waals surface area contributed by atoms with Crippen LogP contribution < -0.4 is 4.74 Å². The number of aliphatic carboxylic acids is 1. The average Bonchev–Trinajstić information content (AvgIpc) is 2.90. The number of carboxylic acids is 1. The summed E-state index contributed by atoms with van der Waals surface area (Å²) in [5.74, 6) is 0.142. The molecule has 1 N–H and O–H groups in total. The Hall–Kier alpha value is -2.06. The summed E-state index contributed by atoms with van der Waals surface area (Å²) in [6, 6.07) is 12.6. The van der Waals surface area contributed by atoms with Crippen LogP contribution >= 0.6 is 35.0 Å². The fourth-order valence-electron chi connectivity index (χ4n) is 5.04. The minimum absolute atomic E-state index is 0.0501. The second kappa shape index (κ2) is 13.1. The van der Waals surface area contributed by atoms with Crippen LogP contribution in [-0.4, -0.2) is 53.5 Å². The average molecular weight is 566 g/mol. The topological polar surface area (TPSA) is 62.7 Å². The first-order valence-electron chi connectivity index (χ1n) is 12.5. The number of carboxylic acid groups (broad SMARTS) is 1. The predicted molar refractivity (Wildman–Crippen MR) is 149 cm³/mol. The zero-order chi connectivity index (χ0) is 26.4. The lowest BCUT2D eigenvalue weighted by Crippen LogP contribution is -2.44. The number of rotatable bonds is 11. The Morgan fingerprint density at radius 3 is 2.78 bits per heavy atom. The Bertz CT molecular complexity index is 1210. The minimum Gasteiger partial charge on any atom is -0.497 e. The van der Waals surface area contributed by atoms with Crippen LogP contribution in [0.2, 0.25) is 10.0 Å². The maximum atomic E-state index is 15.4. The smallest absolute Gasteiger partial charge is 0.308 e. The molecule has 3 aromatic rings. The molecular weight excluding hydrogens is 534 g/mol. The predicted octanol–water partition coefficient (Wildman–Crippen LogP) is 7.55. The van der Waals surface area contributed by atoms with Crippen molar-refractivity contribution < 1.29 is 19.0 Å². The number of halogens is 3. The Balaban J connectivity index is 1.30. The van der Waals surface area contributed by atoms with E-state index in [1.807, 2.05) is 30.3 Å². The molecule has 4 rings (SSSR count). The second-order valence-corrected chi connectivity index (χ2v) is 11.3. The summed E-state index contributed by atoms with van der Waals surface area (Å²) in [5.41, 5.74) is 1.29. The van der Waals surface area contributed by atoms with E-state index in [0.717, 1.165) is 42.0 Å². The van der Waals surface area contributed by atoms with Gasteiger partial charge in [-0.1, -0.05) is 29.3 Å². The number of pyridine rings is 1. The fraction of sp³-hybridized carbons (Fsp3) is 0.429. The maximum Gasteiger partial charge on any atom is 0.308 e. The SMILES string of the molecule is COc1ccc2nccc([C@H](F)CC[C@@H]3CCN(CCCSc4c(Cl)cccc4Cl)C[C@@H]3C(=O)O)c2c1. The van der Waals surface area contributed by atoms with Crippen molar-refractivity contribution in [3.63, 3.8) is 0 Å². The van der Waals surface area contributed by atoms with E-state index in [9.17, 15) is 9.90 Å². The molecule has 1 aliphatic heterocycles. The Labute approximate surface area is 231 Å². The van der Waals surface area contributed by atoms with Gasteiger partial charge in [-0.05, 0) is 92.4 Å². The van der Waals surface area contributed by atoms with Gasteiger partial charge in [0, 0.05) is 23.0 Å². The molecule has 1 aliphatic rings. The third kappa shape index (κ3) is 7.08. The lowest BCUT2D eigenvalue weighted by atomic mass is 9.81. The first-order valence-corrected chi connectivity index (χ1v) is 14.2. The zero-order valence-corrected chi connectivity index (χ0v) is 23.0. The molecule has 1 saturated heterocycles. The highest BCUT2D eigenvalue weighted by atomic mass is 35.5. The molecule has 198 valence electrons. The number of aromatic nitrogens is 1. The normalized spacial score (nSPS) is 19.1. The zero-order valence-electron chi connectivity index (χ0n) is 20.7. The molecule has 0 spiro atoms. The third-order valence-corrected chi connectivity index (χ3v) is 9.13. The van der Waals surface area contributed by atoms with Crippen molar-refractivity contribution >= 4 is 51.8 Å². The van der Waals surface area contributed by atoms with Crippen LogP contribution in [0.1, 0.15) is 37.4 Å². The number of thioether (sulfide) groups is 1. The van der Waals surface area contributed by atoms with Crippen LogP contribution in [0.3, 0.4) is 0 Å². The van der Waals surface area contributed by atoms with E-state index >= 15 is 4.39 Å². The number of nitrogens with zero attached hydrogens (tertiary/aromatic N) is 2. The number of hydrogen-bond acceptors (Lipinski definition) is 5. The van der Waals surface area contributed by atoms with Gasteiger partial charge in [0.05, 0.1) is 28.6 Å². The highest BCUT2D eigenvalue weighted by Crippen LogP contribution is 2.36. The van der Waals surface area contributed by atoms with Gasteiger partial charge in [0.25, 0.3) is 0 Å². The van der Waals surface area contributed by atoms with Crippen molar-refractivity contribution in [2.45, 2.75) is 36.8 Å². The van der Waals surface area contributed by atoms with E-state index in [4.69, 9.17) is 27.9 Å². The Morgan fingerprint density at radius 1 is 1.27 bits per heavy atom. The number of fused-ring (bicyclic) bond motifs is 1. The standard InChI is InChI=1S/C28H31Cl2FN2O3S/c1-36-19-7-9-26-21(16-19)20(10-12-32-26)25(31)8-6-18-11-14-33(17-22(18)28(34)35)13-3-15-37-27-23(29)4-2-5-24(27)30/h2,4-5,7,9-10,12,16,18,22,25H,3,6,8,11,13-15,17H2,1H3,(H,34,35)/t18-,22+,25-/m1/s1. The largest absolute Gasteiger partial charge is 0.497 e. The van der Waals surface area contributed by atoms with Gasteiger partial charge in [-0.25, -0.2) is 4.39 Å². The summed E-state index contributed by atoms with van der Waals surface area (Å²) in [4.78, 5) is 19.5. The van der Waals surface area contributed by atoms with Crippen molar-refractivity contribution in [3.05, 3.63) is 64.3 Å². The van der Waals surface area contributed by atoms with Crippen LogP contribution in [0, 0.1) is 11.8 Å². The van der Waals surface area contributed by atoms with Crippen molar-refractivity contribution in [2.24, 2.45) is 11.8 Å². The van der Waals surface area contributed by atoms with Gasteiger partial charge in [0.1, 0.15) is 11.9 Å². The summed E-state index contributed by atoms with van der Waals surface area (Å²) in [6.07, 6.45) is 2.87. The third-order valence-electron chi connectivity index (χ3n) is 7.05. The summed E-state index contributed by atoms with van der Waals surface area (Å²) in [6.45, 7) is 2.12. The van der Waals surface area contributed by atoms with Gasteiger partial charge in [0.15, 0.2) is 0 Å². The molecule has 5 nitrogen and oxygen atoms in total.